The second-order valence-electron chi connectivity index (χ2n) is 30.2. The highest BCUT2D eigenvalue weighted by atomic mass is 36.0. The first-order valence-corrected chi connectivity index (χ1v) is 53.7. The van der Waals surface area contributed by atoms with E-state index in [1.54, 1.807) is 65.8 Å². The van der Waals surface area contributed by atoms with Gasteiger partial charge in [-0.05, 0) is 220 Å². The zero-order chi connectivity index (χ0) is 103. The molecular weight excluding hydrogens is 2160 g/mol. The summed E-state index contributed by atoms with van der Waals surface area (Å²) in [4.78, 5) is 123. The van der Waals surface area contributed by atoms with Crippen LogP contribution in [0, 0.1) is 0 Å². The lowest BCUT2D eigenvalue weighted by molar-refractivity contribution is -0.214. The van der Waals surface area contributed by atoms with E-state index in [1.807, 2.05) is 9.97 Å². The van der Waals surface area contributed by atoms with Crippen LogP contribution in [-0.4, -0.2) is 205 Å². The number of rotatable bonds is 31. The summed E-state index contributed by atoms with van der Waals surface area (Å²) < 4.78 is 174. The first-order valence-electron chi connectivity index (χ1n) is 38.7. The van der Waals surface area contributed by atoms with Crippen molar-refractivity contribution in [3.05, 3.63) is 196 Å². The fourth-order valence-corrected chi connectivity index (χ4v) is 17.5. The van der Waals surface area contributed by atoms with Gasteiger partial charge < -0.3 is 81.9 Å². The Kier molecular flexibility index (Phi) is 49.3. The van der Waals surface area contributed by atoms with Gasteiger partial charge in [0.2, 0.25) is 5.91 Å². The van der Waals surface area contributed by atoms with Gasteiger partial charge in [0.05, 0.1) is 24.7 Å². The summed E-state index contributed by atoms with van der Waals surface area (Å²) in [7, 11) is -9.27. The zero-order valence-electron chi connectivity index (χ0n) is 72.6. The van der Waals surface area contributed by atoms with Crippen LogP contribution in [0.3, 0.4) is 0 Å². The van der Waals surface area contributed by atoms with Gasteiger partial charge in [0.15, 0.2) is 30.6 Å². The number of alkyl halides is 3. The van der Waals surface area contributed by atoms with Gasteiger partial charge in [0.25, 0.3) is 28.7 Å². The number of aromatic amines is 2. The van der Waals surface area contributed by atoms with E-state index in [4.69, 9.17) is 141 Å². The summed E-state index contributed by atoms with van der Waals surface area (Å²) >= 11 is 53.0. The van der Waals surface area contributed by atoms with E-state index >= 15 is 8.78 Å². The number of hydrogen-bond acceptors (Lipinski definition) is 34. The van der Waals surface area contributed by atoms with Crippen molar-refractivity contribution in [1.29, 1.82) is 0 Å². The number of allylic oxidation sites excluding steroid dienone is 1. The highest BCUT2D eigenvalue weighted by molar-refractivity contribution is 8.24. The molecule has 42 nitrogen and oxygen atoms in total. The van der Waals surface area contributed by atoms with Gasteiger partial charge in [-0.1, -0.05) is 68.7 Å². The number of hydrogen-bond donors (Lipinski definition) is 11. The number of aromatic nitrogens is 4. The van der Waals surface area contributed by atoms with E-state index in [9.17, 15) is 101 Å². The normalized spacial score (nSPS) is 25.0. The number of benzene rings is 4. The summed E-state index contributed by atoms with van der Waals surface area (Å²) in [6.07, 6.45) is -12.9. The number of amides is 1. The number of halogens is 13. The van der Waals surface area contributed by atoms with Crippen LogP contribution < -0.4 is 55.9 Å². The zero-order valence-corrected chi connectivity index (χ0v) is 84.6. The molecule has 0 radical (unpaired) electrons. The minimum atomic E-state index is -4.67. The number of ether oxygens (including phenoxy) is 7. The van der Waals surface area contributed by atoms with Gasteiger partial charge >= 0.3 is 68.9 Å². The van der Waals surface area contributed by atoms with Crippen molar-refractivity contribution in [2.24, 2.45) is 0 Å². The maximum absolute atomic E-state index is 16.5. The monoisotopic (exact) mass is 2260 g/mol. The number of ketones is 1. The van der Waals surface area contributed by atoms with E-state index in [-0.39, 0.29) is 45.6 Å². The molecule has 4 aliphatic heterocycles. The summed E-state index contributed by atoms with van der Waals surface area (Å²) in [5, 5.41) is 66.9. The number of esters is 4. The summed E-state index contributed by atoms with van der Waals surface area (Å²) in [5.41, 5.74) is -10.6. The van der Waals surface area contributed by atoms with Gasteiger partial charge in [0.1, 0.15) is 90.0 Å². The molecule has 0 bridgehead atoms. The third-order valence-electron chi connectivity index (χ3n) is 17.4. The van der Waals surface area contributed by atoms with E-state index in [0.717, 1.165) is 69.4 Å². The Hall–Kier alpha value is -6.52. The molecule has 2 aromatic heterocycles. The van der Waals surface area contributed by atoms with Gasteiger partial charge in [-0.3, -0.25) is 76.0 Å². The smallest absolute Gasteiger partial charge is 0.459 e. The highest BCUT2D eigenvalue weighted by Crippen LogP contribution is 2.62. The van der Waals surface area contributed by atoms with Crippen molar-refractivity contribution in [1.82, 2.24) is 39.3 Å². The summed E-state index contributed by atoms with van der Waals surface area (Å²) in [6.45, 7) is 10.5. The maximum atomic E-state index is 16.5. The average Bonchev–Trinajstić information content (AvgIpc) is 1.58. The molecule has 10 rings (SSSR count). The second-order valence-corrected chi connectivity index (χ2v) is 48.9. The number of nitrogens with one attached hydrogen (secondary N) is 5. The standard InChI is InChI=1S/C24H30ClFN3O11P.C22H28ClFN3O10P.C12H16Cl2NO4P.C11H14FNO6.C6H4Cl3O2P.3CH4.Cl3OP/c1-13(2)37-19(32)14(3)28-41(35,40-17-8-6-16(25)7-9-17)36-12-24(26)20(38-15(4)30)23(5,34)21(39-24)29-11-10-18(31)27-22(29)33;1-12(2)35-17(29)13(3)26-38(33,37-15-7-5-14(23)6-8-15)34-11-22(24)18(30)21(4,32)19(36-22)27-10-9-16(28)25-20(27)31;1-8(2)18-12(16)9(3)15-20(14,17)19-11-6-4-10(13)5-7-11;1-10(18)8(17)11(12,5-14)19-9(10)13-3-2-6(15)4-7(13)16;7-5-1-3-6(4-2-5)11-12(8,9)10;;;;1-5(2,3)4/h6-11,13-14,20-21,34H,12H2,1-5H3,(H,28,35)(H,27,31,33);5-10,12-13,18-19,30,32H,11H2,1-4H3,(H,26,33)(H,25,28,31);4-9H,1-3H3,(H,15,17);2-3,8-9,14,17-18H,4-5H2,1H3;1-4H;3*1H4;/t14-,20-,21+,23+,24+,41?;13-,18-,19+,21+,22+,38?;9-,20?;8-,9+,10+,11+;;;;;/m0000...../s1. The number of nitrogens with zero attached hydrogens (tertiary/aromatic N) is 3. The largest absolute Gasteiger partial charge is 0.462 e. The van der Waals surface area contributed by atoms with E-state index in [1.165, 1.54) is 93.6 Å². The topological polar surface area (TPSA) is 578 Å². The van der Waals surface area contributed by atoms with Gasteiger partial charge in [-0.15, -0.1) is 0 Å². The third kappa shape index (κ3) is 39.2. The lowest BCUT2D eigenvalue weighted by Crippen LogP contribution is -2.54. The molecular formula is C78H104Cl10F3N8O34P5. The van der Waals surface area contributed by atoms with Crippen LogP contribution in [0.5, 0.6) is 23.0 Å². The molecule has 0 saturated carbocycles. The predicted octanol–water partition coefficient (Wildman–Crippen LogP) is 15.3. The molecule has 1 amide bonds. The van der Waals surface area contributed by atoms with Crippen molar-refractivity contribution < 1.29 is 156 Å². The van der Waals surface area contributed by atoms with Crippen LogP contribution in [0.25, 0.3) is 0 Å². The fraction of sp³-hybridized carbons (Fsp3) is 0.487. The molecule has 18 atom stereocenters. The van der Waals surface area contributed by atoms with Crippen LogP contribution in [0.2, 0.25) is 20.1 Å². The van der Waals surface area contributed by atoms with Crippen molar-refractivity contribution >= 4 is 183 Å². The number of H-pyrrole nitrogens is 2. The minimum Gasteiger partial charge on any atom is -0.462 e. The molecule has 0 aliphatic carbocycles. The molecule has 776 valence electrons. The first-order chi connectivity index (χ1) is 61.9. The number of aliphatic hydroxyl groups is 6. The Labute approximate surface area is 837 Å². The lowest BCUT2D eigenvalue weighted by Gasteiger charge is -2.34. The lowest BCUT2D eigenvalue weighted by atomic mass is 9.94. The Bertz CT molecular complexity index is 5640. The molecule has 4 aromatic carbocycles. The average molecular weight is 2260 g/mol. The molecule has 0 spiro atoms. The predicted molar refractivity (Wildman–Crippen MR) is 506 cm³/mol. The van der Waals surface area contributed by atoms with Gasteiger partial charge in [-0.25, -0.2) is 46.1 Å². The molecule has 3 saturated heterocycles. The molecule has 4 aliphatic rings. The molecule has 6 aromatic rings. The number of carbonyl (C=O) groups is 6. The van der Waals surface area contributed by atoms with Crippen molar-refractivity contribution in [2.45, 2.75) is 227 Å². The van der Waals surface area contributed by atoms with Crippen LogP contribution in [0.1, 0.15) is 131 Å². The van der Waals surface area contributed by atoms with E-state index in [0.29, 0.717) is 35.0 Å². The number of aliphatic hydroxyl groups excluding tert-OH is 3. The Morgan fingerprint density at radius 1 is 0.486 bits per heavy atom. The van der Waals surface area contributed by atoms with Crippen LogP contribution in [-0.2, 0) is 93.8 Å². The molecule has 6 heterocycles. The van der Waals surface area contributed by atoms with Crippen molar-refractivity contribution in [3.63, 3.8) is 0 Å². The van der Waals surface area contributed by atoms with Crippen molar-refractivity contribution in [3.8, 4) is 23.0 Å². The number of carbonyl (C=O) groups excluding carboxylic acids is 6. The Morgan fingerprint density at radius 2 is 0.797 bits per heavy atom. The maximum Gasteiger partial charge on any atom is 0.459 e. The quantitative estimate of drug-likeness (QED) is 0.00833. The molecule has 3 fully saturated rings. The van der Waals surface area contributed by atoms with Crippen LogP contribution >= 0.6 is 147 Å². The Morgan fingerprint density at radius 3 is 1.12 bits per heavy atom. The van der Waals surface area contributed by atoms with Crippen LogP contribution in [0.4, 0.5) is 13.2 Å². The Balaban J connectivity index is 0.000000605. The van der Waals surface area contributed by atoms with E-state index < -0.39 is 220 Å². The molecule has 138 heavy (non-hydrogen) atoms. The van der Waals surface area contributed by atoms with Crippen molar-refractivity contribution in [2.75, 3.05) is 19.8 Å². The minimum absolute atomic E-state index is 0. The molecule has 60 heteroatoms. The molecule has 3 unspecified atom stereocenters. The summed E-state index contributed by atoms with van der Waals surface area (Å²) in [6, 6.07) is 21.9. The van der Waals surface area contributed by atoms with Crippen LogP contribution in [0.15, 0.2) is 153 Å². The highest BCUT2D eigenvalue weighted by Gasteiger charge is 2.68. The molecule has 11 N–H and O–H groups in total. The SMILES string of the molecule is C.C.C.CC(=O)O[C@H]1[C@@](C)(O)[C@H](n2ccc(=O)[nH]c2=O)O[C@]1(F)COP(=O)(N[C@@H](C)C(=O)OC(C)C)Oc1ccc(Cl)cc1.CC(C)OC(=O)[C@H](C)NP(=O)(Cl)Oc1ccc(Cl)cc1.CC(C)OC(=O)[C@H](C)NP(=O)(OC[C@@]1(F)O[C@@H](n2ccc(=O)[nH]c2=O)[C@](C)(O)[C@@H]1O)Oc1ccc(Cl)cc1.C[C@]1(O)[C@H](N2C=CC(=O)CC2=O)O[C@](F)(CO)[C@H]1O.O=P(Cl)(Cl)Cl.O=P(Cl)(Cl)Oc1ccc(Cl)cc1. The fourth-order valence-electron chi connectivity index (χ4n) is 11.5. The summed E-state index contributed by atoms with van der Waals surface area (Å²) in [5.74, 6) is -13.1. The second kappa shape index (κ2) is 53.4. The van der Waals surface area contributed by atoms with Gasteiger partial charge in [-0.2, -0.15) is 10.2 Å². The van der Waals surface area contributed by atoms with Gasteiger partial charge in [0, 0.05) is 91.5 Å². The van der Waals surface area contributed by atoms with E-state index in [2.05, 4.69) is 53.5 Å². The third-order valence-corrected chi connectivity index (χ3v) is 24.2. The first kappa shape index (κ1) is 128.